The molecule has 7 nitrogen and oxygen atoms in total. The highest BCUT2D eigenvalue weighted by atomic mass is 35.5. The van der Waals surface area contributed by atoms with E-state index < -0.39 is 18.5 Å². The lowest BCUT2D eigenvalue weighted by atomic mass is 10.2. The molecule has 3 aromatic rings. The molecule has 0 bridgehead atoms. The standard InChI is InChI=1S/C18H19ClF2N6O/c19-17-14(9-22-27(18(17)28)12-15(20)21)25-7-5-24(6-8-25)10-13-11-26-4-2-1-3-16(26)23-13/h1-4,9,11,15H,5-8,10,12H2. The molecule has 4 heterocycles. The topological polar surface area (TPSA) is 58.7 Å². The lowest BCUT2D eigenvalue weighted by Crippen LogP contribution is -2.46. The Morgan fingerprint density at radius 2 is 1.96 bits per heavy atom. The highest BCUT2D eigenvalue weighted by molar-refractivity contribution is 6.33. The lowest BCUT2D eigenvalue weighted by Gasteiger charge is -2.35. The summed E-state index contributed by atoms with van der Waals surface area (Å²) in [4.78, 5) is 21.0. The SMILES string of the molecule is O=c1c(Cl)c(N2CCN(Cc3cn4ccccc4n3)CC2)cnn1CC(F)F. The lowest BCUT2D eigenvalue weighted by molar-refractivity contribution is 0.119. The molecular formula is C18H19ClF2N6O. The van der Waals surface area contributed by atoms with Gasteiger partial charge < -0.3 is 9.30 Å². The van der Waals surface area contributed by atoms with Gasteiger partial charge >= 0.3 is 0 Å². The Morgan fingerprint density at radius 3 is 2.68 bits per heavy atom. The van der Waals surface area contributed by atoms with Gasteiger partial charge in [-0.1, -0.05) is 17.7 Å². The second-order valence-electron chi connectivity index (χ2n) is 6.68. The van der Waals surface area contributed by atoms with Gasteiger partial charge in [-0.15, -0.1) is 0 Å². The average molecular weight is 409 g/mol. The van der Waals surface area contributed by atoms with Crippen molar-refractivity contribution in [1.82, 2.24) is 24.1 Å². The first-order valence-corrected chi connectivity index (χ1v) is 9.33. The Labute approximate surface area is 164 Å². The molecule has 1 aliphatic rings. The van der Waals surface area contributed by atoms with Gasteiger partial charge in [0, 0.05) is 45.1 Å². The minimum absolute atomic E-state index is 0.0653. The Morgan fingerprint density at radius 1 is 1.18 bits per heavy atom. The van der Waals surface area contributed by atoms with Gasteiger partial charge in [0.1, 0.15) is 17.2 Å². The molecule has 0 radical (unpaired) electrons. The fourth-order valence-electron chi connectivity index (χ4n) is 3.38. The predicted molar refractivity (Wildman–Crippen MR) is 102 cm³/mol. The van der Waals surface area contributed by atoms with Crippen LogP contribution in [0.5, 0.6) is 0 Å². The van der Waals surface area contributed by atoms with E-state index in [1.807, 2.05) is 39.9 Å². The maximum Gasteiger partial charge on any atom is 0.287 e. The smallest absolute Gasteiger partial charge is 0.287 e. The van der Waals surface area contributed by atoms with Crippen molar-refractivity contribution in [2.45, 2.75) is 19.5 Å². The molecule has 0 amide bonds. The molecule has 0 saturated carbocycles. The maximum atomic E-state index is 12.5. The monoisotopic (exact) mass is 408 g/mol. The molecule has 0 unspecified atom stereocenters. The first-order chi connectivity index (χ1) is 13.5. The summed E-state index contributed by atoms with van der Waals surface area (Å²) in [6.45, 7) is 2.83. The highest BCUT2D eigenvalue weighted by Crippen LogP contribution is 2.23. The van der Waals surface area contributed by atoms with E-state index in [1.165, 1.54) is 6.20 Å². The summed E-state index contributed by atoms with van der Waals surface area (Å²) >= 11 is 6.14. The van der Waals surface area contributed by atoms with Gasteiger partial charge in [0.2, 0.25) is 0 Å². The van der Waals surface area contributed by atoms with Crippen molar-refractivity contribution < 1.29 is 8.78 Å². The van der Waals surface area contributed by atoms with Crippen LogP contribution in [-0.2, 0) is 13.1 Å². The highest BCUT2D eigenvalue weighted by Gasteiger charge is 2.22. The number of halogens is 3. The molecule has 0 atom stereocenters. The Kier molecular flexibility index (Phi) is 5.27. The molecule has 148 valence electrons. The van der Waals surface area contributed by atoms with Gasteiger partial charge in [0.25, 0.3) is 12.0 Å². The van der Waals surface area contributed by atoms with E-state index in [2.05, 4.69) is 15.0 Å². The Balaban J connectivity index is 1.41. The van der Waals surface area contributed by atoms with Gasteiger partial charge in [-0.2, -0.15) is 5.10 Å². The van der Waals surface area contributed by atoms with Crippen molar-refractivity contribution in [3.05, 3.63) is 57.9 Å². The largest absolute Gasteiger partial charge is 0.366 e. The first-order valence-electron chi connectivity index (χ1n) is 8.95. The summed E-state index contributed by atoms with van der Waals surface area (Å²) < 4.78 is 27.7. The van der Waals surface area contributed by atoms with Crippen LogP contribution < -0.4 is 10.5 Å². The van der Waals surface area contributed by atoms with E-state index in [0.717, 1.165) is 31.0 Å². The summed E-state index contributed by atoms with van der Waals surface area (Å²) in [5.74, 6) is 0. The number of hydrogen-bond donors (Lipinski definition) is 0. The number of hydrogen-bond acceptors (Lipinski definition) is 5. The van der Waals surface area contributed by atoms with Crippen molar-refractivity contribution in [3.8, 4) is 0 Å². The predicted octanol–water partition coefficient (Wildman–Crippen LogP) is 2.13. The van der Waals surface area contributed by atoms with Crippen LogP contribution in [0.4, 0.5) is 14.5 Å². The van der Waals surface area contributed by atoms with E-state index in [1.54, 1.807) is 0 Å². The van der Waals surface area contributed by atoms with E-state index in [4.69, 9.17) is 11.6 Å². The van der Waals surface area contributed by atoms with Crippen LogP contribution in [0, 0.1) is 0 Å². The summed E-state index contributed by atoms with van der Waals surface area (Å²) in [5, 5.41) is 3.77. The molecule has 1 saturated heterocycles. The third-order valence-electron chi connectivity index (χ3n) is 4.79. The zero-order valence-electron chi connectivity index (χ0n) is 15.0. The number of alkyl halides is 2. The molecule has 3 aromatic heterocycles. The fourth-order valence-corrected chi connectivity index (χ4v) is 3.64. The van der Waals surface area contributed by atoms with Crippen molar-refractivity contribution >= 4 is 22.9 Å². The van der Waals surface area contributed by atoms with E-state index in [9.17, 15) is 13.6 Å². The number of anilines is 1. The van der Waals surface area contributed by atoms with Crippen molar-refractivity contribution in [3.63, 3.8) is 0 Å². The van der Waals surface area contributed by atoms with Gasteiger partial charge in [0.05, 0.1) is 17.6 Å². The van der Waals surface area contributed by atoms with Gasteiger partial charge in [-0.3, -0.25) is 9.69 Å². The molecule has 0 aliphatic carbocycles. The third-order valence-corrected chi connectivity index (χ3v) is 5.15. The summed E-state index contributed by atoms with van der Waals surface area (Å²) in [6.07, 6.45) is 2.72. The number of fused-ring (bicyclic) bond motifs is 1. The van der Waals surface area contributed by atoms with E-state index >= 15 is 0 Å². The van der Waals surface area contributed by atoms with Crippen molar-refractivity contribution in [2.75, 3.05) is 31.1 Å². The molecule has 0 spiro atoms. The molecule has 28 heavy (non-hydrogen) atoms. The summed E-state index contributed by atoms with van der Waals surface area (Å²) in [7, 11) is 0. The van der Waals surface area contributed by atoms with Gasteiger partial charge in [-0.05, 0) is 12.1 Å². The molecule has 1 aliphatic heterocycles. The Hall–Kier alpha value is -2.52. The number of imidazole rings is 1. The van der Waals surface area contributed by atoms with E-state index in [0.29, 0.717) is 23.5 Å². The number of nitrogens with zero attached hydrogens (tertiary/aromatic N) is 6. The Bertz CT molecular complexity index is 995. The number of pyridine rings is 1. The van der Waals surface area contributed by atoms with Crippen LogP contribution in [0.15, 0.2) is 41.6 Å². The first kappa shape index (κ1) is 18.8. The van der Waals surface area contributed by atoms with E-state index in [-0.39, 0.29) is 5.02 Å². The minimum atomic E-state index is -2.66. The summed E-state index contributed by atoms with van der Waals surface area (Å²) in [6, 6.07) is 5.88. The minimum Gasteiger partial charge on any atom is -0.366 e. The van der Waals surface area contributed by atoms with Crippen LogP contribution in [-0.4, -0.2) is 56.7 Å². The maximum absolute atomic E-state index is 12.5. The van der Waals surface area contributed by atoms with Crippen LogP contribution in [0.1, 0.15) is 5.69 Å². The summed E-state index contributed by atoms with van der Waals surface area (Å²) in [5.41, 5.74) is 1.71. The van der Waals surface area contributed by atoms with Crippen molar-refractivity contribution in [1.29, 1.82) is 0 Å². The quantitative estimate of drug-likeness (QED) is 0.647. The second-order valence-corrected chi connectivity index (χ2v) is 7.06. The van der Waals surface area contributed by atoms with Crippen molar-refractivity contribution in [2.24, 2.45) is 0 Å². The van der Waals surface area contributed by atoms with Gasteiger partial charge in [0.15, 0.2) is 0 Å². The molecule has 4 rings (SSSR count). The van der Waals surface area contributed by atoms with Crippen LogP contribution in [0.3, 0.4) is 0 Å². The van der Waals surface area contributed by atoms with Crippen LogP contribution >= 0.6 is 11.6 Å². The number of aromatic nitrogens is 4. The molecular weight excluding hydrogens is 390 g/mol. The zero-order valence-corrected chi connectivity index (χ0v) is 15.8. The molecule has 0 aromatic carbocycles. The number of rotatable bonds is 5. The molecule has 1 fully saturated rings. The average Bonchev–Trinajstić information content (AvgIpc) is 3.08. The fraction of sp³-hybridized carbons (Fsp3) is 0.389. The third kappa shape index (κ3) is 3.85. The van der Waals surface area contributed by atoms with Gasteiger partial charge in [-0.25, -0.2) is 18.4 Å². The second kappa shape index (κ2) is 7.84. The van der Waals surface area contributed by atoms with Crippen LogP contribution in [0.25, 0.3) is 5.65 Å². The molecule has 0 N–H and O–H groups in total. The normalized spacial score (nSPS) is 15.6. The number of piperazine rings is 1. The molecule has 10 heteroatoms. The zero-order chi connectivity index (χ0) is 19.7. The van der Waals surface area contributed by atoms with Crippen LogP contribution in [0.2, 0.25) is 5.02 Å².